The molecule has 0 saturated heterocycles. The van der Waals surface area contributed by atoms with Crippen molar-refractivity contribution < 1.29 is 27.4 Å². The fraction of sp³-hybridized carbons (Fsp3) is 0.417. The summed E-state index contributed by atoms with van der Waals surface area (Å²) in [7, 11) is 2.82. The van der Waals surface area contributed by atoms with E-state index in [2.05, 4.69) is 0 Å². The maximum absolute atomic E-state index is 12.0. The van der Waals surface area contributed by atoms with Crippen LogP contribution >= 0.6 is 0 Å². The van der Waals surface area contributed by atoms with Crippen LogP contribution in [0.3, 0.4) is 0 Å². The van der Waals surface area contributed by atoms with Crippen LogP contribution < -0.4 is 9.47 Å². The summed E-state index contributed by atoms with van der Waals surface area (Å²) in [5, 5.41) is 0. The zero-order valence-corrected chi connectivity index (χ0v) is 10.0. The molecule has 0 bridgehead atoms. The molecule has 0 atom stereocenters. The number of methoxy groups -OCH3 is 2. The van der Waals surface area contributed by atoms with E-state index >= 15 is 0 Å². The lowest BCUT2D eigenvalue weighted by Gasteiger charge is -2.09. The molecule has 100 valence electrons. The summed E-state index contributed by atoms with van der Waals surface area (Å²) in [6, 6.07) is 4.28. The van der Waals surface area contributed by atoms with Gasteiger partial charge in [0.2, 0.25) is 0 Å². The van der Waals surface area contributed by atoms with Crippen LogP contribution in [0.4, 0.5) is 13.2 Å². The summed E-state index contributed by atoms with van der Waals surface area (Å²) in [5.74, 6) is 0.161. The van der Waals surface area contributed by atoms with Crippen LogP contribution in [-0.2, 0) is 0 Å². The number of Topliss-reactive ketones (excluding diaryl/α,β-unsaturated/α-hetero) is 1. The molecule has 0 aliphatic heterocycles. The Morgan fingerprint density at radius 1 is 1.17 bits per heavy atom. The number of ketones is 1. The summed E-state index contributed by atoms with van der Waals surface area (Å²) >= 11 is 0. The predicted molar refractivity (Wildman–Crippen MR) is 59.2 cm³/mol. The van der Waals surface area contributed by atoms with Crippen molar-refractivity contribution in [3.05, 3.63) is 23.8 Å². The van der Waals surface area contributed by atoms with Crippen LogP contribution in [0.15, 0.2) is 18.2 Å². The largest absolute Gasteiger partial charge is 0.493 e. The van der Waals surface area contributed by atoms with Gasteiger partial charge in [0.25, 0.3) is 0 Å². The van der Waals surface area contributed by atoms with E-state index in [9.17, 15) is 18.0 Å². The first-order chi connectivity index (χ1) is 8.37. The van der Waals surface area contributed by atoms with Crippen molar-refractivity contribution >= 4 is 5.78 Å². The molecule has 0 unspecified atom stereocenters. The van der Waals surface area contributed by atoms with Crippen molar-refractivity contribution in [1.82, 2.24) is 0 Å². The van der Waals surface area contributed by atoms with Crippen LogP contribution in [0.2, 0.25) is 0 Å². The van der Waals surface area contributed by atoms with Gasteiger partial charge in [0.15, 0.2) is 17.3 Å². The molecule has 18 heavy (non-hydrogen) atoms. The molecular weight excluding hydrogens is 249 g/mol. The molecule has 1 rings (SSSR count). The number of carbonyl (C=O) groups is 1. The van der Waals surface area contributed by atoms with Crippen LogP contribution in [0.1, 0.15) is 23.2 Å². The Kier molecular flexibility index (Phi) is 4.58. The molecular formula is C12H13F3O3. The minimum atomic E-state index is -4.33. The van der Waals surface area contributed by atoms with Crippen LogP contribution in [-0.4, -0.2) is 26.2 Å². The Morgan fingerprint density at radius 2 is 1.78 bits per heavy atom. The highest BCUT2D eigenvalue weighted by Crippen LogP contribution is 2.29. The number of carbonyl (C=O) groups excluding carboxylic acids is 1. The van der Waals surface area contributed by atoms with Crippen LogP contribution in [0.25, 0.3) is 0 Å². The monoisotopic (exact) mass is 262 g/mol. The molecule has 1 aromatic carbocycles. The summed E-state index contributed by atoms with van der Waals surface area (Å²) in [5.41, 5.74) is 0.178. The molecule has 1 aromatic rings. The second kappa shape index (κ2) is 5.75. The van der Waals surface area contributed by atoms with Crippen molar-refractivity contribution in [1.29, 1.82) is 0 Å². The number of benzene rings is 1. The van der Waals surface area contributed by atoms with E-state index in [4.69, 9.17) is 9.47 Å². The molecule has 0 N–H and O–H groups in total. The number of hydrogen-bond acceptors (Lipinski definition) is 3. The van der Waals surface area contributed by atoms with Gasteiger partial charge in [-0.25, -0.2) is 0 Å². The molecule has 0 saturated carbocycles. The van der Waals surface area contributed by atoms with Gasteiger partial charge in [-0.3, -0.25) is 4.79 Å². The Hall–Kier alpha value is -1.72. The molecule has 0 aliphatic carbocycles. The average molecular weight is 262 g/mol. The molecule has 3 nitrogen and oxygen atoms in total. The topological polar surface area (TPSA) is 35.5 Å². The Bertz CT molecular complexity index is 427. The van der Waals surface area contributed by atoms with Crippen LogP contribution in [0, 0.1) is 0 Å². The summed E-state index contributed by atoms with van der Waals surface area (Å²) in [6.07, 6.45) is -6.02. The lowest BCUT2D eigenvalue weighted by molar-refractivity contribution is -0.133. The van der Waals surface area contributed by atoms with Gasteiger partial charge in [0.1, 0.15) is 0 Å². The molecule has 0 heterocycles. The first-order valence-corrected chi connectivity index (χ1v) is 5.19. The second-order valence-corrected chi connectivity index (χ2v) is 3.61. The van der Waals surface area contributed by atoms with E-state index in [1.165, 1.54) is 32.4 Å². The number of ether oxygens (including phenoxy) is 2. The minimum Gasteiger partial charge on any atom is -0.493 e. The van der Waals surface area contributed by atoms with Gasteiger partial charge in [-0.1, -0.05) is 0 Å². The normalized spacial score (nSPS) is 11.2. The SMILES string of the molecule is COc1ccc(C(=O)CCC(F)(F)F)cc1OC. The first kappa shape index (κ1) is 14.3. The van der Waals surface area contributed by atoms with Crippen molar-refractivity contribution in [3.8, 4) is 11.5 Å². The van der Waals surface area contributed by atoms with Crippen molar-refractivity contribution in [3.63, 3.8) is 0 Å². The molecule has 0 fully saturated rings. The zero-order valence-electron chi connectivity index (χ0n) is 10.0. The fourth-order valence-electron chi connectivity index (χ4n) is 1.41. The quantitative estimate of drug-likeness (QED) is 0.764. The summed E-state index contributed by atoms with van der Waals surface area (Å²) in [4.78, 5) is 11.6. The van der Waals surface area contributed by atoms with E-state index < -0.39 is 24.8 Å². The highest BCUT2D eigenvalue weighted by Gasteiger charge is 2.28. The van der Waals surface area contributed by atoms with Gasteiger partial charge in [-0.05, 0) is 18.2 Å². The second-order valence-electron chi connectivity index (χ2n) is 3.61. The smallest absolute Gasteiger partial charge is 0.389 e. The summed E-state index contributed by atoms with van der Waals surface area (Å²) in [6.45, 7) is 0. The Balaban J connectivity index is 2.80. The minimum absolute atomic E-state index is 0.178. The number of hydrogen-bond donors (Lipinski definition) is 0. The van der Waals surface area contributed by atoms with Gasteiger partial charge in [0.05, 0.1) is 20.6 Å². The lowest BCUT2D eigenvalue weighted by atomic mass is 10.1. The first-order valence-electron chi connectivity index (χ1n) is 5.19. The molecule has 0 aromatic heterocycles. The lowest BCUT2D eigenvalue weighted by Crippen LogP contribution is -2.11. The van der Waals surface area contributed by atoms with E-state index in [1.807, 2.05) is 0 Å². The molecule has 0 amide bonds. The third-order valence-corrected chi connectivity index (χ3v) is 2.34. The molecule has 0 aliphatic rings. The summed E-state index contributed by atoms with van der Waals surface area (Å²) < 4.78 is 45.9. The zero-order chi connectivity index (χ0) is 13.8. The van der Waals surface area contributed by atoms with Gasteiger partial charge < -0.3 is 9.47 Å². The van der Waals surface area contributed by atoms with Gasteiger partial charge in [-0.15, -0.1) is 0 Å². The maximum atomic E-state index is 12.0. The van der Waals surface area contributed by atoms with Gasteiger partial charge in [-0.2, -0.15) is 13.2 Å². The maximum Gasteiger partial charge on any atom is 0.389 e. The van der Waals surface area contributed by atoms with E-state index in [-0.39, 0.29) is 5.56 Å². The van der Waals surface area contributed by atoms with Crippen molar-refractivity contribution in [2.75, 3.05) is 14.2 Å². The van der Waals surface area contributed by atoms with Gasteiger partial charge in [0, 0.05) is 12.0 Å². The third-order valence-electron chi connectivity index (χ3n) is 2.34. The molecule has 0 spiro atoms. The average Bonchev–Trinajstić information content (AvgIpc) is 2.34. The van der Waals surface area contributed by atoms with E-state index in [0.29, 0.717) is 11.5 Å². The molecule has 0 radical (unpaired) electrons. The third kappa shape index (κ3) is 3.94. The van der Waals surface area contributed by atoms with E-state index in [1.54, 1.807) is 0 Å². The Labute approximate surface area is 103 Å². The number of alkyl halides is 3. The van der Waals surface area contributed by atoms with Crippen LogP contribution in [0.5, 0.6) is 11.5 Å². The van der Waals surface area contributed by atoms with Gasteiger partial charge >= 0.3 is 6.18 Å². The van der Waals surface area contributed by atoms with Crippen molar-refractivity contribution in [2.45, 2.75) is 19.0 Å². The highest BCUT2D eigenvalue weighted by molar-refractivity contribution is 5.96. The number of rotatable bonds is 5. The predicted octanol–water partition coefficient (Wildman–Crippen LogP) is 3.23. The number of halogens is 3. The fourth-order valence-corrected chi connectivity index (χ4v) is 1.41. The van der Waals surface area contributed by atoms with E-state index in [0.717, 1.165) is 0 Å². The molecule has 6 heteroatoms. The Morgan fingerprint density at radius 3 is 2.28 bits per heavy atom. The standard InChI is InChI=1S/C12H13F3O3/c1-17-10-4-3-8(7-11(10)18-2)9(16)5-6-12(13,14)15/h3-4,7H,5-6H2,1-2H3. The van der Waals surface area contributed by atoms with Crippen molar-refractivity contribution in [2.24, 2.45) is 0 Å². The highest BCUT2D eigenvalue weighted by atomic mass is 19.4.